The van der Waals surface area contributed by atoms with Gasteiger partial charge in [0.25, 0.3) is 5.91 Å². The Morgan fingerprint density at radius 2 is 1.93 bits per heavy atom. The molecule has 1 aromatic carbocycles. The number of amides is 2. The smallest absolute Gasteiger partial charge is 0.251 e. The summed E-state index contributed by atoms with van der Waals surface area (Å²) in [6.45, 7) is 12.2. The first-order valence-corrected chi connectivity index (χ1v) is 15.2. The van der Waals surface area contributed by atoms with E-state index in [4.69, 9.17) is 21.3 Å². The molecule has 2 aromatic rings. The van der Waals surface area contributed by atoms with Crippen LogP contribution in [-0.2, 0) is 14.3 Å². The maximum absolute atomic E-state index is 13.6. The van der Waals surface area contributed by atoms with Crippen molar-refractivity contribution in [2.75, 3.05) is 51.3 Å². The molecule has 4 heterocycles. The zero-order valence-corrected chi connectivity index (χ0v) is 25.3. The van der Waals surface area contributed by atoms with E-state index in [1.165, 1.54) is 4.90 Å². The predicted molar refractivity (Wildman–Crippen MR) is 157 cm³/mol. The Kier molecular flexibility index (Phi) is 8.52. The largest absolute Gasteiger partial charge is 0.366 e. The summed E-state index contributed by atoms with van der Waals surface area (Å²) in [6, 6.07) is 4.13. The van der Waals surface area contributed by atoms with E-state index in [1.54, 1.807) is 17.4 Å². The molecule has 1 aromatic heterocycles. The first-order valence-electron chi connectivity index (χ1n) is 13.9. The number of nitrogens with one attached hydrogen (secondary N) is 1. The van der Waals surface area contributed by atoms with Gasteiger partial charge in [-0.05, 0) is 50.9 Å². The van der Waals surface area contributed by atoms with Gasteiger partial charge < -0.3 is 24.8 Å². The second kappa shape index (κ2) is 11.8. The van der Waals surface area contributed by atoms with Crippen molar-refractivity contribution in [3.05, 3.63) is 34.2 Å². The second-order valence-electron chi connectivity index (χ2n) is 11.6. The molecule has 2 amide bonds. The number of anilines is 1. The topological polar surface area (TPSA) is 95.1 Å². The molecule has 0 bridgehead atoms. The summed E-state index contributed by atoms with van der Waals surface area (Å²) in [6.07, 6.45) is -0.0420. The summed E-state index contributed by atoms with van der Waals surface area (Å²) in [5.41, 5.74) is 3.36. The molecule has 0 saturated carbocycles. The van der Waals surface area contributed by atoms with Crippen molar-refractivity contribution in [2.24, 2.45) is 5.92 Å². The number of carbonyl (C=O) groups excluding carboxylic acids is 3. The van der Waals surface area contributed by atoms with Crippen LogP contribution in [0, 0.1) is 19.8 Å². The summed E-state index contributed by atoms with van der Waals surface area (Å²) in [5, 5.41) is 3.54. The minimum absolute atomic E-state index is 0.0372. The van der Waals surface area contributed by atoms with Gasteiger partial charge in [-0.15, -0.1) is 22.9 Å². The summed E-state index contributed by atoms with van der Waals surface area (Å²) in [5.74, 6) is -0.604. The van der Waals surface area contributed by atoms with Crippen LogP contribution in [0.4, 0.5) is 5.13 Å². The van der Waals surface area contributed by atoms with E-state index in [2.05, 4.69) is 29.1 Å². The van der Waals surface area contributed by atoms with Crippen molar-refractivity contribution in [1.82, 2.24) is 20.1 Å². The van der Waals surface area contributed by atoms with E-state index < -0.39 is 23.6 Å². The summed E-state index contributed by atoms with van der Waals surface area (Å²) in [7, 11) is 2.14. The molecule has 9 nitrogen and oxygen atoms in total. The fourth-order valence-electron chi connectivity index (χ4n) is 5.79. The maximum atomic E-state index is 13.6. The Bertz CT molecular complexity index is 1290. The first kappa shape index (κ1) is 29.0. The van der Waals surface area contributed by atoms with Crippen LogP contribution in [0.2, 0.25) is 0 Å². The van der Waals surface area contributed by atoms with Crippen LogP contribution in [-0.4, -0.2) is 102 Å². The van der Waals surface area contributed by atoms with Gasteiger partial charge in [0.2, 0.25) is 5.91 Å². The lowest BCUT2D eigenvalue weighted by atomic mass is 9.99. The van der Waals surface area contributed by atoms with Gasteiger partial charge in [-0.1, -0.05) is 19.9 Å². The number of rotatable bonds is 7. The van der Waals surface area contributed by atoms with Crippen molar-refractivity contribution in [2.45, 2.75) is 57.7 Å². The van der Waals surface area contributed by atoms with Gasteiger partial charge in [0.15, 0.2) is 10.9 Å². The fourth-order valence-corrected chi connectivity index (χ4v) is 7.13. The van der Waals surface area contributed by atoms with Crippen molar-refractivity contribution < 1.29 is 19.1 Å². The van der Waals surface area contributed by atoms with Crippen LogP contribution >= 0.6 is 22.9 Å². The summed E-state index contributed by atoms with van der Waals surface area (Å²) in [4.78, 5) is 51.7. The molecular weight excluding hydrogens is 550 g/mol. The third-order valence-electron chi connectivity index (χ3n) is 8.02. The standard InChI is InChI=1S/C29H38ClN5O4S/c1-16(2)12-22(28(38)35-14-21(30)26-25(35)23(36)15-39-26)31-27(37)19-6-7-20(17(3)13-19)24-18(4)40-29(32-24)34-10-8-33(5)9-11-34/h6-7,13,16,21-22,25-26H,8-12,14-15H2,1-5H3,(H,31,37). The molecule has 11 heteroatoms. The average molecular weight is 588 g/mol. The molecule has 3 fully saturated rings. The molecule has 216 valence electrons. The van der Waals surface area contributed by atoms with Crippen LogP contribution < -0.4 is 10.2 Å². The highest BCUT2D eigenvalue weighted by Gasteiger charge is 2.52. The number of thiazole rings is 1. The summed E-state index contributed by atoms with van der Waals surface area (Å²) >= 11 is 8.11. The zero-order valence-electron chi connectivity index (χ0n) is 23.8. The van der Waals surface area contributed by atoms with E-state index in [-0.39, 0.29) is 36.7 Å². The van der Waals surface area contributed by atoms with Crippen LogP contribution in [0.3, 0.4) is 0 Å². The van der Waals surface area contributed by atoms with Gasteiger partial charge in [0, 0.05) is 48.7 Å². The van der Waals surface area contributed by atoms with Gasteiger partial charge in [-0.25, -0.2) is 4.98 Å². The third-order valence-corrected chi connectivity index (χ3v) is 9.44. The molecule has 0 spiro atoms. The van der Waals surface area contributed by atoms with Gasteiger partial charge in [-0.3, -0.25) is 14.4 Å². The number of likely N-dealkylation sites (tertiary alicyclic amines) is 1. The van der Waals surface area contributed by atoms with E-state index >= 15 is 0 Å². The molecule has 3 aliphatic heterocycles. The Hall–Kier alpha value is -2.53. The van der Waals surface area contributed by atoms with Crippen LogP contribution in [0.25, 0.3) is 11.3 Å². The number of aryl methyl sites for hydroxylation is 2. The minimum Gasteiger partial charge on any atom is -0.366 e. The number of ether oxygens (including phenoxy) is 1. The number of fused-ring (bicyclic) bond motifs is 1. The molecule has 4 atom stereocenters. The number of alkyl halides is 1. The molecule has 40 heavy (non-hydrogen) atoms. The first-order chi connectivity index (χ1) is 19.0. The van der Waals surface area contributed by atoms with Crippen LogP contribution in [0.1, 0.15) is 41.1 Å². The highest BCUT2D eigenvalue weighted by Crippen LogP contribution is 2.35. The lowest BCUT2D eigenvalue weighted by Gasteiger charge is -2.32. The number of likely N-dealkylation sites (N-methyl/N-ethyl adjacent to an activating group) is 1. The number of halogens is 1. The molecule has 3 saturated heterocycles. The van der Waals surface area contributed by atoms with E-state index in [9.17, 15) is 14.4 Å². The molecule has 3 aliphatic rings. The molecule has 1 N–H and O–H groups in total. The zero-order chi connectivity index (χ0) is 28.7. The number of aromatic nitrogens is 1. The Balaban J connectivity index is 1.32. The van der Waals surface area contributed by atoms with E-state index in [0.29, 0.717) is 12.0 Å². The Morgan fingerprint density at radius 3 is 2.60 bits per heavy atom. The maximum Gasteiger partial charge on any atom is 0.251 e. The number of benzene rings is 1. The lowest BCUT2D eigenvalue weighted by Crippen LogP contribution is -2.52. The Morgan fingerprint density at radius 1 is 1.20 bits per heavy atom. The number of hydrogen-bond acceptors (Lipinski definition) is 8. The van der Waals surface area contributed by atoms with Crippen LogP contribution in [0.15, 0.2) is 18.2 Å². The number of hydrogen-bond donors (Lipinski definition) is 1. The number of Topliss-reactive ketones (excluding diaryl/α,β-unsaturated/α-hetero) is 1. The SMILES string of the molecule is Cc1cc(C(=O)NC(CC(C)C)C(=O)N2CC(Cl)C3OCC(=O)C32)ccc1-c1nc(N2CCN(C)CC2)sc1C. The second-order valence-corrected chi connectivity index (χ2v) is 13.3. The molecule has 0 radical (unpaired) electrons. The van der Waals surface area contributed by atoms with Gasteiger partial charge in [0.1, 0.15) is 24.8 Å². The third kappa shape index (κ3) is 5.77. The van der Waals surface area contributed by atoms with Crippen molar-refractivity contribution in [1.29, 1.82) is 0 Å². The molecule has 0 aliphatic carbocycles. The predicted octanol–water partition coefficient (Wildman–Crippen LogP) is 3.11. The van der Waals surface area contributed by atoms with Crippen LogP contribution in [0.5, 0.6) is 0 Å². The van der Waals surface area contributed by atoms with Crippen molar-refractivity contribution in [3.8, 4) is 11.3 Å². The number of carbonyl (C=O) groups is 3. The number of piperazine rings is 1. The van der Waals surface area contributed by atoms with Gasteiger partial charge in [0.05, 0.1) is 11.1 Å². The monoisotopic (exact) mass is 587 g/mol. The highest BCUT2D eigenvalue weighted by atomic mass is 35.5. The molecule has 5 rings (SSSR count). The van der Waals surface area contributed by atoms with E-state index in [1.807, 2.05) is 32.9 Å². The van der Waals surface area contributed by atoms with Crippen molar-refractivity contribution >= 4 is 45.7 Å². The minimum atomic E-state index is -0.768. The van der Waals surface area contributed by atoms with Gasteiger partial charge >= 0.3 is 0 Å². The number of nitrogens with zero attached hydrogens (tertiary/aromatic N) is 4. The molecule has 4 unspecified atom stereocenters. The quantitative estimate of drug-likeness (QED) is 0.497. The average Bonchev–Trinajstić information content (AvgIpc) is 3.58. The molecular formula is C29H38ClN5O4S. The van der Waals surface area contributed by atoms with E-state index in [0.717, 1.165) is 53.0 Å². The normalized spacial score (nSPS) is 24.1. The van der Waals surface area contributed by atoms with Gasteiger partial charge in [-0.2, -0.15) is 0 Å². The number of ketones is 1. The van der Waals surface area contributed by atoms with Crippen molar-refractivity contribution in [3.63, 3.8) is 0 Å². The Labute approximate surface area is 244 Å². The highest BCUT2D eigenvalue weighted by molar-refractivity contribution is 7.16. The lowest BCUT2D eigenvalue weighted by molar-refractivity contribution is -0.138. The fraction of sp³-hybridized carbons (Fsp3) is 0.586. The summed E-state index contributed by atoms with van der Waals surface area (Å²) < 4.78 is 5.53.